The molecular formula is C17H25N3O3. The van der Waals surface area contributed by atoms with Crippen LogP contribution < -0.4 is 10.2 Å². The van der Waals surface area contributed by atoms with E-state index >= 15 is 0 Å². The lowest BCUT2D eigenvalue weighted by molar-refractivity contribution is -0.147. The van der Waals surface area contributed by atoms with E-state index in [1.54, 1.807) is 4.90 Å². The van der Waals surface area contributed by atoms with Gasteiger partial charge in [0.2, 0.25) is 0 Å². The number of hydrogen-bond donors (Lipinski definition) is 1. The monoisotopic (exact) mass is 319 g/mol. The molecule has 23 heavy (non-hydrogen) atoms. The van der Waals surface area contributed by atoms with Gasteiger partial charge in [-0.15, -0.1) is 0 Å². The van der Waals surface area contributed by atoms with Crippen LogP contribution in [-0.2, 0) is 9.53 Å². The SMILES string of the molecule is CC(C)OC(=O)CCNC(=O)N1CCN(c2ccccc2)CC1. The summed E-state index contributed by atoms with van der Waals surface area (Å²) in [5.41, 5.74) is 1.18. The first-order chi connectivity index (χ1) is 11.1. The second-order valence-electron chi connectivity index (χ2n) is 5.83. The van der Waals surface area contributed by atoms with Crippen molar-refractivity contribution < 1.29 is 14.3 Å². The molecular weight excluding hydrogens is 294 g/mol. The number of anilines is 1. The van der Waals surface area contributed by atoms with Crippen LogP contribution >= 0.6 is 0 Å². The van der Waals surface area contributed by atoms with E-state index in [-0.39, 0.29) is 24.5 Å². The number of esters is 1. The molecule has 1 aliphatic rings. The van der Waals surface area contributed by atoms with Gasteiger partial charge in [-0.25, -0.2) is 4.79 Å². The second kappa shape index (κ2) is 8.41. The Bertz CT molecular complexity index is 511. The third-order valence-electron chi connectivity index (χ3n) is 3.66. The van der Waals surface area contributed by atoms with Crippen LogP contribution in [0.2, 0.25) is 0 Å². The molecule has 0 atom stereocenters. The molecule has 1 heterocycles. The van der Waals surface area contributed by atoms with E-state index in [0.717, 1.165) is 13.1 Å². The third kappa shape index (κ3) is 5.47. The molecule has 0 aliphatic carbocycles. The number of amides is 2. The Morgan fingerprint density at radius 2 is 1.78 bits per heavy atom. The molecule has 0 aromatic heterocycles. The molecule has 6 heteroatoms. The van der Waals surface area contributed by atoms with Gasteiger partial charge in [0, 0.05) is 38.4 Å². The van der Waals surface area contributed by atoms with Gasteiger partial charge in [0.15, 0.2) is 0 Å². The second-order valence-corrected chi connectivity index (χ2v) is 5.83. The van der Waals surface area contributed by atoms with Crippen LogP contribution in [0.3, 0.4) is 0 Å². The summed E-state index contributed by atoms with van der Waals surface area (Å²) >= 11 is 0. The third-order valence-corrected chi connectivity index (χ3v) is 3.66. The van der Waals surface area contributed by atoms with Crippen LogP contribution in [0.1, 0.15) is 20.3 Å². The number of urea groups is 1. The van der Waals surface area contributed by atoms with E-state index in [4.69, 9.17) is 4.74 Å². The van der Waals surface area contributed by atoms with Crippen molar-refractivity contribution in [1.82, 2.24) is 10.2 Å². The highest BCUT2D eigenvalue weighted by molar-refractivity contribution is 5.76. The minimum Gasteiger partial charge on any atom is -0.463 e. The molecule has 0 spiro atoms. The summed E-state index contributed by atoms with van der Waals surface area (Å²) in [6, 6.07) is 10.1. The number of hydrogen-bond acceptors (Lipinski definition) is 4. The van der Waals surface area contributed by atoms with Crippen LogP contribution in [0.4, 0.5) is 10.5 Å². The van der Waals surface area contributed by atoms with E-state index in [1.807, 2.05) is 32.0 Å². The summed E-state index contributed by atoms with van der Waals surface area (Å²) in [5, 5.41) is 2.78. The van der Waals surface area contributed by atoms with Gasteiger partial charge < -0.3 is 19.9 Å². The zero-order valence-electron chi connectivity index (χ0n) is 13.8. The number of carbonyl (C=O) groups excluding carboxylic acids is 2. The van der Waals surface area contributed by atoms with Crippen LogP contribution in [0.15, 0.2) is 30.3 Å². The molecule has 2 amide bonds. The van der Waals surface area contributed by atoms with Gasteiger partial charge >= 0.3 is 12.0 Å². The van der Waals surface area contributed by atoms with E-state index in [2.05, 4.69) is 22.3 Å². The lowest BCUT2D eigenvalue weighted by Crippen LogP contribution is -2.52. The fourth-order valence-electron chi connectivity index (χ4n) is 2.51. The lowest BCUT2D eigenvalue weighted by Gasteiger charge is -2.36. The van der Waals surface area contributed by atoms with E-state index in [0.29, 0.717) is 19.6 Å². The summed E-state index contributed by atoms with van der Waals surface area (Å²) < 4.78 is 5.03. The Kier molecular flexibility index (Phi) is 6.26. The van der Waals surface area contributed by atoms with Crippen LogP contribution in [-0.4, -0.2) is 55.7 Å². The van der Waals surface area contributed by atoms with Gasteiger partial charge in [-0.1, -0.05) is 18.2 Å². The Morgan fingerprint density at radius 3 is 2.39 bits per heavy atom. The normalized spacial score (nSPS) is 14.7. The zero-order valence-corrected chi connectivity index (χ0v) is 13.8. The molecule has 1 fully saturated rings. The van der Waals surface area contributed by atoms with Gasteiger partial charge in [0.25, 0.3) is 0 Å². The molecule has 0 unspecified atom stereocenters. The molecule has 1 saturated heterocycles. The van der Waals surface area contributed by atoms with Crippen LogP contribution in [0, 0.1) is 0 Å². The summed E-state index contributed by atoms with van der Waals surface area (Å²) in [4.78, 5) is 27.6. The van der Waals surface area contributed by atoms with Crippen molar-refractivity contribution in [3.8, 4) is 0 Å². The minimum atomic E-state index is -0.283. The molecule has 1 aromatic rings. The maximum absolute atomic E-state index is 12.1. The number of rotatable bonds is 5. The highest BCUT2D eigenvalue weighted by Gasteiger charge is 2.21. The van der Waals surface area contributed by atoms with Gasteiger partial charge in [-0.3, -0.25) is 4.79 Å². The highest BCUT2D eigenvalue weighted by Crippen LogP contribution is 2.15. The van der Waals surface area contributed by atoms with Gasteiger partial charge in [-0.2, -0.15) is 0 Å². The van der Waals surface area contributed by atoms with Crippen LogP contribution in [0.25, 0.3) is 0 Å². The smallest absolute Gasteiger partial charge is 0.317 e. The molecule has 6 nitrogen and oxygen atoms in total. The molecule has 1 N–H and O–H groups in total. The molecule has 0 bridgehead atoms. The average Bonchev–Trinajstić information content (AvgIpc) is 2.55. The Balaban J connectivity index is 1.68. The van der Waals surface area contributed by atoms with Gasteiger partial charge in [-0.05, 0) is 26.0 Å². The zero-order chi connectivity index (χ0) is 16.7. The van der Waals surface area contributed by atoms with Crippen molar-refractivity contribution in [2.75, 3.05) is 37.6 Å². The number of nitrogens with zero attached hydrogens (tertiary/aromatic N) is 2. The number of benzene rings is 1. The Hall–Kier alpha value is -2.24. The summed E-state index contributed by atoms with van der Waals surface area (Å²) in [5.74, 6) is -0.283. The van der Waals surface area contributed by atoms with Crippen molar-refractivity contribution in [3.05, 3.63) is 30.3 Å². The molecule has 1 aromatic carbocycles. The first-order valence-corrected chi connectivity index (χ1v) is 8.08. The summed E-state index contributed by atoms with van der Waals surface area (Å²) in [6.45, 7) is 6.91. The fourth-order valence-corrected chi connectivity index (χ4v) is 2.51. The minimum absolute atomic E-state index is 0.116. The fraction of sp³-hybridized carbons (Fsp3) is 0.529. The molecule has 0 saturated carbocycles. The van der Waals surface area contributed by atoms with Crippen molar-refractivity contribution in [3.63, 3.8) is 0 Å². The standard InChI is InChI=1S/C17H25N3O3/c1-14(2)23-16(21)8-9-18-17(22)20-12-10-19(11-13-20)15-6-4-3-5-7-15/h3-7,14H,8-13H2,1-2H3,(H,18,22). The Morgan fingerprint density at radius 1 is 1.13 bits per heavy atom. The first kappa shape index (κ1) is 17.1. The quantitative estimate of drug-likeness (QED) is 0.842. The summed E-state index contributed by atoms with van der Waals surface area (Å²) in [7, 11) is 0. The lowest BCUT2D eigenvalue weighted by atomic mass is 10.2. The van der Waals surface area contributed by atoms with Crippen molar-refractivity contribution >= 4 is 17.7 Å². The highest BCUT2D eigenvalue weighted by atomic mass is 16.5. The number of ether oxygens (including phenoxy) is 1. The molecule has 2 rings (SSSR count). The number of nitrogens with one attached hydrogen (secondary N) is 1. The van der Waals surface area contributed by atoms with Crippen LogP contribution in [0.5, 0.6) is 0 Å². The predicted octanol–water partition coefficient (Wildman–Crippen LogP) is 1.86. The van der Waals surface area contributed by atoms with Crippen molar-refractivity contribution in [2.24, 2.45) is 0 Å². The van der Waals surface area contributed by atoms with E-state index < -0.39 is 0 Å². The predicted molar refractivity (Wildman–Crippen MR) is 89.5 cm³/mol. The number of para-hydroxylation sites is 1. The maximum Gasteiger partial charge on any atom is 0.317 e. The largest absolute Gasteiger partial charge is 0.463 e. The number of carbonyl (C=O) groups is 2. The van der Waals surface area contributed by atoms with Gasteiger partial charge in [0.05, 0.1) is 12.5 Å². The molecule has 1 aliphatic heterocycles. The molecule has 126 valence electrons. The van der Waals surface area contributed by atoms with Crippen molar-refractivity contribution in [1.29, 1.82) is 0 Å². The topological polar surface area (TPSA) is 61.9 Å². The Labute approximate surface area is 137 Å². The van der Waals surface area contributed by atoms with Crippen molar-refractivity contribution in [2.45, 2.75) is 26.4 Å². The maximum atomic E-state index is 12.1. The molecule has 0 radical (unpaired) electrons. The first-order valence-electron chi connectivity index (χ1n) is 8.08. The van der Waals surface area contributed by atoms with Gasteiger partial charge in [0.1, 0.15) is 0 Å². The van der Waals surface area contributed by atoms with E-state index in [9.17, 15) is 9.59 Å². The van der Waals surface area contributed by atoms with E-state index in [1.165, 1.54) is 5.69 Å². The average molecular weight is 319 g/mol. The summed E-state index contributed by atoms with van der Waals surface area (Å²) in [6.07, 6.45) is 0.0812. The number of piperazine rings is 1.